The van der Waals surface area contributed by atoms with Gasteiger partial charge in [0.2, 0.25) is 0 Å². The summed E-state index contributed by atoms with van der Waals surface area (Å²) in [6.07, 6.45) is 0. The fourth-order valence-corrected chi connectivity index (χ4v) is 1.52. The Bertz CT molecular complexity index is 466. The summed E-state index contributed by atoms with van der Waals surface area (Å²) in [6.45, 7) is 2.71. The summed E-state index contributed by atoms with van der Waals surface area (Å²) in [5.74, 6) is -1.22. The van der Waals surface area contributed by atoms with Crippen molar-refractivity contribution in [1.82, 2.24) is 0 Å². The molecule has 1 aromatic carbocycles. The molecule has 0 saturated carbocycles. The molecule has 0 atom stereocenters. The summed E-state index contributed by atoms with van der Waals surface area (Å²) in [6, 6.07) is 4.44. The maximum atomic E-state index is 12.0. The zero-order valence-electron chi connectivity index (χ0n) is 9.78. The van der Waals surface area contributed by atoms with Gasteiger partial charge in [-0.2, -0.15) is 0 Å². The molecule has 0 aliphatic carbocycles. The Hall–Kier alpha value is -1.55. The van der Waals surface area contributed by atoms with E-state index in [4.69, 9.17) is 21.4 Å². The molecular formula is C12H13ClO4. The molecule has 4 nitrogen and oxygen atoms in total. The average molecular weight is 257 g/mol. The number of rotatable bonds is 4. The third-order valence-corrected chi connectivity index (χ3v) is 2.81. The monoisotopic (exact) mass is 256 g/mol. The number of methoxy groups -OCH3 is 1. The Kier molecular flexibility index (Phi) is 3.78. The van der Waals surface area contributed by atoms with Crippen molar-refractivity contribution in [3.8, 4) is 5.75 Å². The number of carboxylic acid groups (broad SMARTS) is 1. The molecule has 0 spiro atoms. The van der Waals surface area contributed by atoms with E-state index >= 15 is 0 Å². The molecule has 92 valence electrons. The first-order valence-electron chi connectivity index (χ1n) is 4.92. The third-order valence-electron chi connectivity index (χ3n) is 2.52. The second-order valence-electron chi connectivity index (χ2n) is 4.11. The standard InChI is InChI=1S/C12H13ClO4/c1-12(2,11(15)16)10(14)7-4-5-9(17-3)8(13)6-7/h4-6H,1-3H3,(H,15,16). The predicted octanol–water partition coefficient (Wildman–Crippen LogP) is 2.64. The van der Waals surface area contributed by atoms with E-state index in [1.54, 1.807) is 0 Å². The van der Waals surface area contributed by atoms with E-state index in [1.807, 2.05) is 0 Å². The fraction of sp³-hybridized carbons (Fsp3) is 0.333. The normalized spacial score (nSPS) is 11.1. The van der Waals surface area contributed by atoms with Gasteiger partial charge in [0.15, 0.2) is 5.78 Å². The summed E-state index contributed by atoms with van der Waals surface area (Å²) in [7, 11) is 1.46. The molecule has 0 aliphatic rings. The Balaban J connectivity index is 3.14. The van der Waals surface area contributed by atoms with Crippen LogP contribution in [0.4, 0.5) is 0 Å². The lowest BCUT2D eigenvalue weighted by Gasteiger charge is -2.17. The number of carbonyl (C=O) groups is 2. The quantitative estimate of drug-likeness (QED) is 0.664. The van der Waals surface area contributed by atoms with Crippen LogP contribution in [-0.2, 0) is 4.79 Å². The predicted molar refractivity (Wildman–Crippen MR) is 63.8 cm³/mol. The minimum absolute atomic E-state index is 0.253. The lowest BCUT2D eigenvalue weighted by Crippen LogP contribution is -2.33. The first-order chi connectivity index (χ1) is 7.80. The van der Waals surface area contributed by atoms with Gasteiger partial charge in [0, 0.05) is 5.56 Å². The Labute approximate surface area is 104 Å². The molecule has 17 heavy (non-hydrogen) atoms. The van der Waals surface area contributed by atoms with Crippen LogP contribution in [0.2, 0.25) is 5.02 Å². The molecular weight excluding hydrogens is 244 g/mol. The minimum atomic E-state index is -1.47. The van der Waals surface area contributed by atoms with E-state index in [-0.39, 0.29) is 10.6 Å². The highest BCUT2D eigenvalue weighted by molar-refractivity contribution is 6.32. The number of ether oxygens (including phenoxy) is 1. The van der Waals surface area contributed by atoms with Crippen molar-refractivity contribution in [2.24, 2.45) is 5.41 Å². The van der Waals surface area contributed by atoms with Crippen LogP contribution in [0.15, 0.2) is 18.2 Å². The highest BCUT2D eigenvalue weighted by atomic mass is 35.5. The van der Waals surface area contributed by atoms with E-state index in [0.29, 0.717) is 5.75 Å². The summed E-state index contributed by atoms with van der Waals surface area (Å²) in [4.78, 5) is 22.9. The van der Waals surface area contributed by atoms with Crippen molar-refractivity contribution in [1.29, 1.82) is 0 Å². The lowest BCUT2D eigenvalue weighted by atomic mass is 9.84. The van der Waals surface area contributed by atoms with Gasteiger partial charge in [-0.1, -0.05) is 11.6 Å². The summed E-state index contributed by atoms with van der Waals surface area (Å²) < 4.78 is 4.95. The highest BCUT2D eigenvalue weighted by Gasteiger charge is 2.36. The minimum Gasteiger partial charge on any atom is -0.495 e. The molecule has 5 heteroatoms. The van der Waals surface area contributed by atoms with Crippen LogP contribution in [0, 0.1) is 5.41 Å². The molecule has 0 bridgehead atoms. The number of carboxylic acids is 1. The SMILES string of the molecule is COc1ccc(C(=O)C(C)(C)C(=O)O)cc1Cl. The Morgan fingerprint density at radius 2 is 1.94 bits per heavy atom. The second kappa shape index (κ2) is 4.75. The van der Waals surface area contributed by atoms with E-state index in [0.717, 1.165) is 0 Å². The smallest absolute Gasteiger partial charge is 0.316 e. The van der Waals surface area contributed by atoms with Gasteiger partial charge in [-0.25, -0.2) is 0 Å². The first-order valence-corrected chi connectivity index (χ1v) is 5.30. The molecule has 1 N–H and O–H groups in total. The number of hydrogen-bond donors (Lipinski definition) is 1. The van der Waals surface area contributed by atoms with Crippen LogP contribution < -0.4 is 4.74 Å². The van der Waals surface area contributed by atoms with Gasteiger partial charge >= 0.3 is 5.97 Å². The van der Waals surface area contributed by atoms with Gasteiger partial charge in [0.05, 0.1) is 12.1 Å². The van der Waals surface area contributed by atoms with Gasteiger partial charge in [0.1, 0.15) is 11.2 Å². The molecule has 0 unspecified atom stereocenters. The Morgan fingerprint density at radius 1 is 1.35 bits per heavy atom. The molecule has 1 rings (SSSR count). The molecule has 0 aromatic heterocycles. The summed E-state index contributed by atoms with van der Waals surface area (Å²) in [5.41, 5.74) is -1.22. The maximum absolute atomic E-state index is 12.0. The van der Waals surface area contributed by atoms with Gasteiger partial charge in [-0.3, -0.25) is 9.59 Å². The van der Waals surface area contributed by atoms with Crippen molar-refractivity contribution in [2.45, 2.75) is 13.8 Å². The summed E-state index contributed by atoms with van der Waals surface area (Å²) in [5, 5.41) is 9.24. The van der Waals surface area contributed by atoms with Gasteiger partial charge < -0.3 is 9.84 Å². The number of aliphatic carboxylic acids is 1. The van der Waals surface area contributed by atoms with E-state index in [2.05, 4.69) is 0 Å². The van der Waals surface area contributed by atoms with E-state index in [1.165, 1.54) is 39.2 Å². The number of benzene rings is 1. The largest absolute Gasteiger partial charge is 0.495 e. The van der Waals surface area contributed by atoms with Gasteiger partial charge in [-0.05, 0) is 32.0 Å². The zero-order chi connectivity index (χ0) is 13.2. The van der Waals surface area contributed by atoms with E-state index in [9.17, 15) is 9.59 Å². The van der Waals surface area contributed by atoms with Crippen molar-refractivity contribution in [3.63, 3.8) is 0 Å². The molecule has 0 radical (unpaired) electrons. The Morgan fingerprint density at radius 3 is 2.35 bits per heavy atom. The van der Waals surface area contributed by atoms with Crippen molar-refractivity contribution in [3.05, 3.63) is 28.8 Å². The topological polar surface area (TPSA) is 63.6 Å². The lowest BCUT2D eigenvalue weighted by molar-refractivity contribution is -0.144. The number of Topliss-reactive ketones (excluding diaryl/α,β-unsaturated/α-hetero) is 1. The highest BCUT2D eigenvalue weighted by Crippen LogP contribution is 2.29. The van der Waals surface area contributed by atoms with Crippen molar-refractivity contribution < 1.29 is 19.4 Å². The summed E-state index contributed by atoms with van der Waals surface area (Å²) >= 11 is 5.88. The molecule has 0 heterocycles. The number of ketones is 1. The van der Waals surface area contributed by atoms with Crippen LogP contribution in [0.1, 0.15) is 24.2 Å². The zero-order valence-corrected chi connectivity index (χ0v) is 10.5. The van der Waals surface area contributed by atoms with Crippen molar-refractivity contribution in [2.75, 3.05) is 7.11 Å². The first kappa shape index (κ1) is 13.5. The molecule has 0 aliphatic heterocycles. The van der Waals surface area contributed by atoms with Crippen LogP contribution in [0.25, 0.3) is 0 Å². The average Bonchev–Trinajstić information content (AvgIpc) is 2.27. The van der Waals surface area contributed by atoms with Crippen LogP contribution in [0.3, 0.4) is 0 Å². The number of carbonyl (C=O) groups excluding carboxylic acids is 1. The van der Waals surface area contributed by atoms with Crippen molar-refractivity contribution >= 4 is 23.4 Å². The van der Waals surface area contributed by atoms with Gasteiger partial charge in [0.25, 0.3) is 0 Å². The van der Waals surface area contributed by atoms with Gasteiger partial charge in [-0.15, -0.1) is 0 Å². The molecule has 0 fully saturated rings. The molecule has 1 aromatic rings. The fourth-order valence-electron chi connectivity index (χ4n) is 1.27. The third kappa shape index (κ3) is 2.58. The number of halogens is 1. The number of hydrogen-bond acceptors (Lipinski definition) is 3. The van der Waals surface area contributed by atoms with E-state index < -0.39 is 17.2 Å². The van der Waals surface area contributed by atoms with Crippen LogP contribution >= 0.6 is 11.6 Å². The van der Waals surface area contributed by atoms with Crippen LogP contribution in [-0.4, -0.2) is 24.0 Å². The maximum Gasteiger partial charge on any atom is 0.316 e. The van der Waals surface area contributed by atoms with Crippen LogP contribution in [0.5, 0.6) is 5.75 Å². The molecule has 0 amide bonds. The molecule has 0 saturated heterocycles. The second-order valence-corrected chi connectivity index (χ2v) is 4.52.